The lowest BCUT2D eigenvalue weighted by Gasteiger charge is -2.27. The Morgan fingerprint density at radius 1 is 0.939 bits per heavy atom. The predicted octanol–water partition coefficient (Wildman–Crippen LogP) is 2.51. The minimum atomic E-state index is -0.602. The highest BCUT2D eigenvalue weighted by atomic mass is 16.6. The SMILES string of the molecule is O=C(NNc1nc(Nc2ccccc2)nc(N2CCOCC2)n1)Nc1ccc([N+](=O)[O-])cc1. The number of nitrogens with zero attached hydrogens (tertiary/aromatic N) is 5. The second-order valence-electron chi connectivity index (χ2n) is 6.88. The zero-order chi connectivity index (χ0) is 23.0. The van der Waals surface area contributed by atoms with Crippen molar-refractivity contribution >= 4 is 40.9 Å². The van der Waals surface area contributed by atoms with Gasteiger partial charge in [0.1, 0.15) is 0 Å². The van der Waals surface area contributed by atoms with Crippen molar-refractivity contribution in [3.8, 4) is 0 Å². The molecular weight excluding hydrogens is 430 g/mol. The number of para-hydroxylation sites is 1. The van der Waals surface area contributed by atoms with Gasteiger partial charge in [-0.05, 0) is 24.3 Å². The number of aromatic nitrogens is 3. The van der Waals surface area contributed by atoms with E-state index in [4.69, 9.17) is 4.74 Å². The highest BCUT2D eigenvalue weighted by Crippen LogP contribution is 2.18. The van der Waals surface area contributed by atoms with Gasteiger partial charge in [0.2, 0.25) is 17.8 Å². The number of non-ortho nitro benzene ring substituents is 1. The first-order valence-corrected chi connectivity index (χ1v) is 10.0. The zero-order valence-corrected chi connectivity index (χ0v) is 17.4. The zero-order valence-electron chi connectivity index (χ0n) is 17.4. The van der Waals surface area contributed by atoms with Crippen LogP contribution in [0.5, 0.6) is 0 Å². The Kier molecular flexibility index (Phi) is 6.70. The van der Waals surface area contributed by atoms with Gasteiger partial charge >= 0.3 is 6.03 Å². The lowest BCUT2D eigenvalue weighted by atomic mass is 10.3. The quantitative estimate of drug-likeness (QED) is 0.310. The summed E-state index contributed by atoms with van der Waals surface area (Å²) in [7, 11) is 0. The molecule has 33 heavy (non-hydrogen) atoms. The second kappa shape index (κ2) is 10.2. The molecule has 1 aliphatic rings. The lowest BCUT2D eigenvalue weighted by Crippen LogP contribution is -2.38. The Labute approximate surface area is 188 Å². The minimum Gasteiger partial charge on any atom is -0.378 e. The molecule has 1 aliphatic heterocycles. The first kappa shape index (κ1) is 21.7. The van der Waals surface area contributed by atoms with E-state index in [1.807, 2.05) is 35.2 Å². The van der Waals surface area contributed by atoms with Gasteiger partial charge in [-0.2, -0.15) is 15.0 Å². The summed E-state index contributed by atoms with van der Waals surface area (Å²) in [4.78, 5) is 37.6. The van der Waals surface area contributed by atoms with Crippen LogP contribution in [0.4, 0.5) is 39.7 Å². The Morgan fingerprint density at radius 2 is 1.64 bits per heavy atom. The van der Waals surface area contributed by atoms with Gasteiger partial charge < -0.3 is 20.3 Å². The maximum absolute atomic E-state index is 12.2. The second-order valence-corrected chi connectivity index (χ2v) is 6.88. The summed E-state index contributed by atoms with van der Waals surface area (Å²) in [6.07, 6.45) is 0. The summed E-state index contributed by atoms with van der Waals surface area (Å²) in [6.45, 7) is 2.38. The Bertz CT molecular complexity index is 1110. The maximum Gasteiger partial charge on any atom is 0.337 e. The molecule has 0 radical (unpaired) electrons. The number of anilines is 5. The van der Waals surface area contributed by atoms with Crippen LogP contribution in [-0.2, 0) is 4.74 Å². The van der Waals surface area contributed by atoms with Gasteiger partial charge in [-0.25, -0.2) is 10.2 Å². The molecule has 0 unspecified atom stereocenters. The molecule has 13 nitrogen and oxygen atoms in total. The monoisotopic (exact) mass is 451 g/mol. The van der Waals surface area contributed by atoms with Gasteiger partial charge in [-0.3, -0.25) is 15.5 Å². The van der Waals surface area contributed by atoms with Gasteiger partial charge in [0.05, 0.1) is 18.1 Å². The topological polar surface area (TPSA) is 159 Å². The van der Waals surface area contributed by atoms with Gasteiger partial charge in [0.25, 0.3) is 5.69 Å². The number of morpholine rings is 1. The number of carbonyl (C=O) groups excluding carboxylic acids is 1. The molecule has 2 heterocycles. The van der Waals surface area contributed by atoms with Crippen LogP contribution < -0.4 is 26.4 Å². The smallest absolute Gasteiger partial charge is 0.337 e. The number of hydrazine groups is 1. The van der Waals surface area contributed by atoms with Crippen molar-refractivity contribution in [3.05, 3.63) is 64.7 Å². The van der Waals surface area contributed by atoms with Crippen LogP contribution >= 0.6 is 0 Å². The molecular formula is C20H21N9O4. The van der Waals surface area contributed by atoms with E-state index in [2.05, 4.69) is 36.4 Å². The number of rotatable bonds is 7. The average molecular weight is 451 g/mol. The van der Waals surface area contributed by atoms with E-state index in [0.29, 0.717) is 43.9 Å². The fourth-order valence-electron chi connectivity index (χ4n) is 2.97. The van der Waals surface area contributed by atoms with E-state index >= 15 is 0 Å². The van der Waals surface area contributed by atoms with Crippen molar-refractivity contribution in [2.24, 2.45) is 0 Å². The Morgan fingerprint density at radius 3 is 2.33 bits per heavy atom. The number of ether oxygens (including phenoxy) is 1. The largest absolute Gasteiger partial charge is 0.378 e. The number of benzene rings is 2. The summed E-state index contributed by atoms with van der Waals surface area (Å²) in [5, 5.41) is 16.4. The minimum absolute atomic E-state index is 0.0710. The van der Waals surface area contributed by atoms with E-state index in [-0.39, 0.29) is 11.6 Å². The first-order chi connectivity index (χ1) is 16.1. The fourth-order valence-corrected chi connectivity index (χ4v) is 2.97. The molecule has 4 N–H and O–H groups in total. The summed E-state index contributed by atoms with van der Waals surface area (Å²) in [5.74, 6) is 0.869. The molecule has 1 aromatic heterocycles. The van der Waals surface area contributed by atoms with Crippen molar-refractivity contribution in [1.82, 2.24) is 20.4 Å². The third-order valence-electron chi connectivity index (χ3n) is 4.57. The van der Waals surface area contributed by atoms with E-state index in [9.17, 15) is 14.9 Å². The summed E-state index contributed by atoms with van der Waals surface area (Å²) >= 11 is 0. The molecule has 3 aromatic rings. The van der Waals surface area contributed by atoms with Crippen molar-refractivity contribution in [3.63, 3.8) is 0 Å². The highest BCUT2D eigenvalue weighted by Gasteiger charge is 2.17. The number of nitro benzene ring substituents is 1. The molecule has 2 amide bonds. The van der Waals surface area contributed by atoms with E-state index in [1.165, 1.54) is 24.3 Å². The average Bonchev–Trinajstić information content (AvgIpc) is 2.84. The molecule has 4 rings (SSSR count). The summed E-state index contributed by atoms with van der Waals surface area (Å²) in [5.41, 5.74) is 6.23. The number of hydrogen-bond donors (Lipinski definition) is 4. The molecule has 170 valence electrons. The van der Waals surface area contributed by atoms with Gasteiger partial charge in [-0.1, -0.05) is 18.2 Å². The van der Waals surface area contributed by atoms with Crippen molar-refractivity contribution < 1.29 is 14.5 Å². The predicted molar refractivity (Wildman–Crippen MR) is 121 cm³/mol. The number of amides is 2. The maximum atomic E-state index is 12.2. The third-order valence-corrected chi connectivity index (χ3v) is 4.57. The molecule has 1 saturated heterocycles. The van der Waals surface area contributed by atoms with Crippen LogP contribution in [0.15, 0.2) is 54.6 Å². The van der Waals surface area contributed by atoms with Crippen molar-refractivity contribution in [2.75, 3.05) is 47.3 Å². The Balaban J connectivity index is 1.45. The normalized spacial score (nSPS) is 13.2. The lowest BCUT2D eigenvalue weighted by molar-refractivity contribution is -0.384. The fraction of sp³-hybridized carbons (Fsp3) is 0.200. The molecule has 13 heteroatoms. The molecule has 0 aliphatic carbocycles. The van der Waals surface area contributed by atoms with Crippen LogP contribution in [0.1, 0.15) is 0 Å². The third kappa shape index (κ3) is 6.01. The van der Waals surface area contributed by atoms with Crippen LogP contribution in [-0.4, -0.2) is 52.2 Å². The van der Waals surface area contributed by atoms with Gasteiger partial charge in [0, 0.05) is 36.6 Å². The molecule has 0 atom stereocenters. The molecule has 0 spiro atoms. The van der Waals surface area contributed by atoms with Crippen LogP contribution in [0.2, 0.25) is 0 Å². The summed E-state index contributed by atoms with van der Waals surface area (Å²) < 4.78 is 5.39. The molecule has 0 bridgehead atoms. The number of hydrogen-bond acceptors (Lipinski definition) is 10. The van der Waals surface area contributed by atoms with Crippen LogP contribution in [0, 0.1) is 10.1 Å². The number of nitro groups is 1. The number of nitrogens with one attached hydrogen (secondary N) is 4. The van der Waals surface area contributed by atoms with Gasteiger partial charge in [0.15, 0.2) is 0 Å². The van der Waals surface area contributed by atoms with E-state index in [0.717, 1.165) is 5.69 Å². The number of carbonyl (C=O) groups is 1. The van der Waals surface area contributed by atoms with E-state index in [1.54, 1.807) is 0 Å². The highest BCUT2D eigenvalue weighted by molar-refractivity contribution is 5.89. The molecule has 2 aromatic carbocycles. The standard InChI is InChI=1S/C20H21N9O4/c30-20(22-15-6-8-16(9-7-15)29(31)32)27-26-18-23-17(21-14-4-2-1-3-5-14)24-19(25-18)28-10-12-33-13-11-28/h1-9H,10-13H2,(H2,22,27,30)(H2,21,23,24,25,26). The van der Waals surface area contributed by atoms with Crippen molar-refractivity contribution in [1.29, 1.82) is 0 Å². The first-order valence-electron chi connectivity index (χ1n) is 10.0. The Hall–Kier alpha value is -4.52. The molecule has 1 fully saturated rings. The van der Waals surface area contributed by atoms with Crippen LogP contribution in [0.3, 0.4) is 0 Å². The molecule has 0 saturated carbocycles. The van der Waals surface area contributed by atoms with Crippen LogP contribution in [0.25, 0.3) is 0 Å². The van der Waals surface area contributed by atoms with Crippen molar-refractivity contribution in [2.45, 2.75) is 0 Å². The summed E-state index contributed by atoms with van der Waals surface area (Å²) in [6, 6.07) is 14.3. The van der Waals surface area contributed by atoms with Gasteiger partial charge in [-0.15, -0.1) is 0 Å². The van der Waals surface area contributed by atoms with E-state index < -0.39 is 11.0 Å². The number of urea groups is 1.